The molecule has 2 heterocycles. The van der Waals surface area contributed by atoms with Crippen LogP contribution in [0.5, 0.6) is 0 Å². The van der Waals surface area contributed by atoms with Crippen LogP contribution in [0.1, 0.15) is 6.42 Å². The molecule has 0 radical (unpaired) electrons. The van der Waals surface area contributed by atoms with E-state index in [0.29, 0.717) is 10.6 Å². The number of hydrogen-bond acceptors (Lipinski definition) is 6. The lowest BCUT2D eigenvalue weighted by atomic mass is 10.1. The van der Waals surface area contributed by atoms with E-state index in [1.54, 1.807) is 42.5 Å². The Hall–Kier alpha value is -4.33. The zero-order chi connectivity index (χ0) is 23.8. The number of benzene rings is 1. The number of aromatic nitrogens is 1. The standard InChI is InChI=1S/C22H21FN6O4/c23-14-28(22(33)21(32)27-18-8-4-5-9-25-18)13-19(30)29-12-15(10-17(29)11-24)20(31)26-16-6-2-1-3-7-16/h1-9,15,17H,10,12-14H2,(H,26,31)(H,25,27,32). The summed E-state index contributed by atoms with van der Waals surface area (Å²) in [6.07, 6.45) is 1.50. The van der Waals surface area contributed by atoms with Crippen LogP contribution in [0, 0.1) is 17.2 Å². The fourth-order valence-electron chi connectivity index (χ4n) is 3.36. The van der Waals surface area contributed by atoms with Gasteiger partial charge in [0.2, 0.25) is 11.8 Å². The summed E-state index contributed by atoms with van der Waals surface area (Å²) < 4.78 is 13.5. The van der Waals surface area contributed by atoms with Gasteiger partial charge in [-0.25, -0.2) is 9.37 Å². The van der Waals surface area contributed by atoms with Crippen molar-refractivity contribution in [3.8, 4) is 6.07 Å². The molecule has 2 N–H and O–H groups in total. The molecule has 1 aromatic carbocycles. The Labute approximate surface area is 189 Å². The van der Waals surface area contributed by atoms with E-state index in [2.05, 4.69) is 15.6 Å². The van der Waals surface area contributed by atoms with Crippen LogP contribution in [-0.4, -0.2) is 64.3 Å². The van der Waals surface area contributed by atoms with E-state index in [9.17, 15) is 28.8 Å². The molecule has 1 aliphatic heterocycles. The molecule has 3 rings (SSSR count). The van der Waals surface area contributed by atoms with Crippen LogP contribution in [0.25, 0.3) is 0 Å². The molecule has 1 saturated heterocycles. The number of nitriles is 1. The van der Waals surface area contributed by atoms with E-state index < -0.39 is 43.0 Å². The average Bonchev–Trinajstić information content (AvgIpc) is 3.28. The lowest BCUT2D eigenvalue weighted by Crippen LogP contribution is -2.47. The molecule has 1 aliphatic rings. The predicted octanol–water partition coefficient (Wildman–Crippen LogP) is 1.16. The molecule has 33 heavy (non-hydrogen) atoms. The van der Waals surface area contributed by atoms with Crippen LogP contribution >= 0.6 is 0 Å². The van der Waals surface area contributed by atoms with Gasteiger partial charge in [-0.15, -0.1) is 0 Å². The molecule has 2 aromatic rings. The van der Waals surface area contributed by atoms with Gasteiger partial charge in [0.25, 0.3) is 0 Å². The zero-order valence-electron chi connectivity index (χ0n) is 17.5. The predicted molar refractivity (Wildman–Crippen MR) is 115 cm³/mol. The quantitative estimate of drug-likeness (QED) is 0.499. The van der Waals surface area contributed by atoms with Crippen molar-refractivity contribution in [2.75, 3.05) is 30.5 Å². The zero-order valence-corrected chi connectivity index (χ0v) is 17.5. The maximum atomic E-state index is 13.5. The van der Waals surface area contributed by atoms with Crippen LogP contribution in [-0.2, 0) is 19.2 Å². The molecule has 0 bridgehead atoms. The van der Waals surface area contributed by atoms with Gasteiger partial charge < -0.3 is 15.5 Å². The molecule has 0 aliphatic carbocycles. The van der Waals surface area contributed by atoms with E-state index in [-0.39, 0.29) is 24.7 Å². The second-order valence-electron chi connectivity index (χ2n) is 7.27. The fraction of sp³-hybridized carbons (Fsp3) is 0.273. The number of amides is 4. The molecule has 0 saturated carbocycles. The number of nitrogens with zero attached hydrogens (tertiary/aromatic N) is 4. The van der Waals surface area contributed by atoms with Crippen molar-refractivity contribution in [3.63, 3.8) is 0 Å². The maximum Gasteiger partial charge on any atom is 0.315 e. The van der Waals surface area contributed by atoms with Gasteiger partial charge in [0.15, 0.2) is 6.80 Å². The number of anilines is 2. The van der Waals surface area contributed by atoms with Crippen LogP contribution in [0.15, 0.2) is 54.7 Å². The number of pyridine rings is 1. The highest BCUT2D eigenvalue weighted by Crippen LogP contribution is 2.25. The Morgan fingerprint density at radius 1 is 1.12 bits per heavy atom. The Bertz CT molecular complexity index is 1060. The Morgan fingerprint density at radius 2 is 1.85 bits per heavy atom. The third-order valence-corrected chi connectivity index (χ3v) is 5.04. The summed E-state index contributed by atoms with van der Waals surface area (Å²) in [5, 5.41) is 14.4. The summed E-state index contributed by atoms with van der Waals surface area (Å²) in [4.78, 5) is 55.1. The van der Waals surface area contributed by atoms with Crippen molar-refractivity contribution in [2.45, 2.75) is 12.5 Å². The van der Waals surface area contributed by atoms with Crippen LogP contribution in [0.4, 0.5) is 15.9 Å². The normalized spacial score (nSPS) is 17.0. The lowest BCUT2D eigenvalue weighted by molar-refractivity contribution is -0.148. The van der Waals surface area contributed by atoms with E-state index >= 15 is 0 Å². The second kappa shape index (κ2) is 10.8. The maximum absolute atomic E-state index is 13.5. The summed E-state index contributed by atoms with van der Waals surface area (Å²) in [5.74, 6) is -4.07. The van der Waals surface area contributed by atoms with Crippen LogP contribution < -0.4 is 10.6 Å². The molecule has 11 heteroatoms. The third-order valence-electron chi connectivity index (χ3n) is 5.04. The van der Waals surface area contributed by atoms with E-state index in [0.717, 1.165) is 4.90 Å². The molecule has 1 fully saturated rings. The van der Waals surface area contributed by atoms with Gasteiger partial charge in [-0.2, -0.15) is 5.26 Å². The van der Waals surface area contributed by atoms with Gasteiger partial charge in [0.05, 0.1) is 12.0 Å². The summed E-state index contributed by atoms with van der Waals surface area (Å²) in [6, 6.07) is 14.4. The van der Waals surface area contributed by atoms with Crippen molar-refractivity contribution in [2.24, 2.45) is 5.92 Å². The minimum Gasteiger partial charge on any atom is -0.326 e. The number of nitrogens with one attached hydrogen (secondary N) is 2. The van der Waals surface area contributed by atoms with Crippen molar-refractivity contribution < 1.29 is 23.6 Å². The molecule has 2 atom stereocenters. The molecular weight excluding hydrogens is 431 g/mol. The molecule has 2 unspecified atom stereocenters. The summed E-state index contributed by atoms with van der Waals surface area (Å²) in [5.41, 5.74) is 0.578. The third kappa shape index (κ3) is 5.88. The van der Waals surface area contributed by atoms with Gasteiger partial charge in [-0.1, -0.05) is 24.3 Å². The van der Waals surface area contributed by atoms with Crippen molar-refractivity contribution in [1.82, 2.24) is 14.8 Å². The number of halogens is 1. The monoisotopic (exact) mass is 452 g/mol. The fourth-order valence-corrected chi connectivity index (χ4v) is 3.36. The molecule has 4 amide bonds. The molecule has 1 aromatic heterocycles. The van der Waals surface area contributed by atoms with Gasteiger partial charge in [0.1, 0.15) is 18.4 Å². The highest BCUT2D eigenvalue weighted by molar-refractivity contribution is 6.39. The Morgan fingerprint density at radius 3 is 2.48 bits per heavy atom. The first-order valence-electron chi connectivity index (χ1n) is 10.0. The van der Waals surface area contributed by atoms with Gasteiger partial charge >= 0.3 is 11.8 Å². The number of carbonyl (C=O) groups is 4. The Kier molecular flexibility index (Phi) is 7.64. The first-order valence-corrected chi connectivity index (χ1v) is 10.0. The molecular formula is C22H21FN6O4. The van der Waals surface area contributed by atoms with E-state index in [1.807, 2.05) is 6.07 Å². The van der Waals surface area contributed by atoms with E-state index in [4.69, 9.17) is 0 Å². The molecule has 170 valence electrons. The summed E-state index contributed by atoms with van der Waals surface area (Å²) in [6.45, 7) is -2.20. The second-order valence-corrected chi connectivity index (χ2v) is 7.27. The van der Waals surface area contributed by atoms with Crippen molar-refractivity contribution in [1.29, 1.82) is 5.26 Å². The first-order chi connectivity index (χ1) is 15.9. The highest BCUT2D eigenvalue weighted by atomic mass is 19.1. The van der Waals surface area contributed by atoms with Gasteiger partial charge in [0, 0.05) is 18.4 Å². The van der Waals surface area contributed by atoms with Crippen LogP contribution in [0.2, 0.25) is 0 Å². The summed E-state index contributed by atoms with van der Waals surface area (Å²) >= 11 is 0. The number of rotatable bonds is 6. The average molecular weight is 452 g/mol. The molecule has 10 nitrogen and oxygen atoms in total. The Balaban J connectivity index is 1.61. The number of likely N-dealkylation sites (tertiary alicyclic amines) is 1. The van der Waals surface area contributed by atoms with E-state index in [1.165, 1.54) is 12.3 Å². The minimum atomic E-state index is -1.39. The van der Waals surface area contributed by atoms with Crippen molar-refractivity contribution >= 4 is 35.1 Å². The number of hydrogen-bond donors (Lipinski definition) is 2. The molecule has 0 spiro atoms. The largest absolute Gasteiger partial charge is 0.326 e. The first kappa shape index (κ1) is 23.3. The van der Waals surface area contributed by atoms with Gasteiger partial charge in [-0.05, 0) is 30.7 Å². The number of carbonyl (C=O) groups excluding carboxylic acids is 4. The highest BCUT2D eigenvalue weighted by Gasteiger charge is 2.39. The minimum absolute atomic E-state index is 0.0653. The topological polar surface area (TPSA) is 136 Å². The smallest absolute Gasteiger partial charge is 0.315 e. The number of alkyl halides is 1. The van der Waals surface area contributed by atoms with Crippen molar-refractivity contribution in [3.05, 3.63) is 54.7 Å². The van der Waals surface area contributed by atoms with Gasteiger partial charge in [-0.3, -0.25) is 24.1 Å². The van der Waals surface area contributed by atoms with Crippen LogP contribution in [0.3, 0.4) is 0 Å². The summed E-state index contributed by atoms with van der Waals surface area (Å²) in [7, 11) is 0. The lowest BCUT2D eigenvalue weighted by Gasteiger charge is -2.24. The number of para-hydroxylation sites is 1. The SMILES string of the molecule is N#CC1CC(C(=O)Nc2ccccc2)CN1C(=O)CN(CF)C(=O)C(=O)Nc1ccccn1.